The normalized spacial score (nSPS) is 19.1. The van der Waals surface area contributed by atoms with E-state index in [1.165, 1.54) is 12.1 Å². The van der Waals surface area contributed by atoms with Gasteiger partial charge in [0.2, 0.25) is 0 Å². The predicted molar refractivity (Wildman–Crippen MR) is 77.3 cm³/mol. The SMILES string of the molecule is O[C@@H](c1ccccn1)C1(c2cccc(F)c2)CCOCC1. The van der Waals surface area contributed by atoms with Gasteiger partial charge in [-0.05, 0) is 42.7 Å². The van der Waals surface area contributed by atoms with E-state index < -0.39 is 11.5 Å². The average molecular weight is 287 g/mol. The molecule has 110 valence electrons. The van der Waals surface area contributed by atoms with Gasteiger partial charge in [0.25, 0.3) is 0 Å². The number of rotatable bonds is 3. The summed E-state index contributed by atoms with van der Waals surface area (Å²) in [5.74, 6) is -0.286. The smallest absolute Gasteiger partial charge is 0.123 e. The Morgan fingerprint density at radius 2 is 1.95 bits per heavy atom. The van der Waals surface area contributed by atoms with Crippen molar-refractivity contribution in [2.45, 2.75) is 24.4 Å². The van der Waals surface area contributed by atoms with Crippen molar-refractivity contribution in [3.63, 3.8) is 0 Å². The molecule has 0 aliphatic carbocycles. The van der Waals surface area contributed by atoms with E-state index in [1.54, 1.807) is 18.3 Å². The summed E-state index contributed by atoms with van der Waals surface area (Å²) >= 11 is 0. The van der Waals surface area contributed by atoms with Gasteiger partial charge >= 0.3 is 0 Å². The molecule has 0 radical (unpaired) electrons. The molecule has 2 aromatic rings. The largest absolute Gasteiger partial charge is 0.386 e. The van der Waals surface area contributed by atoms with Crippen LogP contribution in [0.3, 0.4) is 0 Å². The van der Waals surface area contributed by atoms with Gasteiger partial charge in [-0.3, -0.25) is 4.98 Å². The second-order valence-electron chi connectivity index (χ2n) is 5.44. The molecule has 0 amide bonds. The number of benzene rings is 1. The lowest BCUT2D eigenvalue weighted by atomic mass is 9.69. The van der Waals surface area contributed by atoms with E-state index in [1.807, 2.05) is 18.2 Å². The molecule has 0 unspecified atom stereocenters. The molecule has 1 aliphatic heterocycles. The number of aliphatic hydroxyl groups excluding tert-OH is 1. The number of hydrogen-bond donors (Lipinski definition) is 1. The Morgan fingerprint density at radius 1 is 1.14 bits per heavy atom. The van der Waals surface area contributed by atoms with Crippen molar-refractivity contribution in [1.29, 1.82) is 0 Å². The molecule has 3 nitrogen and oxygen atoms in total. The Bertz CT molecular complexity index is 597. The third-order valence-electron chi connectivity index (χ3n) is 4.28. The molecule has 4 heteroatoms. The first kappa shape index (κ1) is 14.2. The minimum atomic E-state index is -0.774. The summed E-state index contributed by atoms with van der Waals surface area (Å²) in [6, 6.07) is 12.0. The second-order valence-corrected chi connectivity index (χ2v) is 5.44. The number of ether oxygens (including phenoxy) is 1. The molecule has 1 saturated heterocycles. The Balaban J connectivity index is 2.05. The van der Waals surface area contributed by atoms with Crippen molar-refractivity contribution in [3.05, 3.63) is 65.7 Å². The highest BCUT2D eigenvalue weighted by molar-refractivity contribution is 5.31. The topological polar surface area (TPSA) is 42.4 Å². The summed E-state index contributed by atoms with van der Waals surface area (Å²) in [4.78, 5) is 4.26. The highest BCUT2D eigenvalue weighted by Gasteiger charge is 2.42. The van der Waals surface area contributed by atoms with Crippen molar-refractivity contribution in [2.75, 3.05) is 13.2 Å². The van der Waals surface area contributed by atoms with Crippen molar-refractivity contribution in [1.82, 2.24) is 4.98 Å². The van der Waals surface area contributed by atoms with Gasteiger partial charge in [-0.1, -0.05) is 18.2 Å². The first-order valence-electron chi connectivity index (χ1n) is 7.15. The van der Waals surface area contributed by atoms with Gasteiger partial charge in [0.1, 0.15) is 11.9 Å². The maximum absolute atomic E-state index is 13.6. The standard InChI is InChI=1S/C17H18FNO2/c18-14-5-3-4-13(12-14)17(7-10-21-11-8-17)16(20)15-6-1-2-9-19-15/h1-6,9,12,16,20H,7-8,10-11H2/t16-/m0/s1. The molecule has 2 heterocycles. The Kier molecular flexibility index (Phi) is 3.99. The maximum Gasteiger partial charge on any atom is 0.123 e. The minimum absolute atomic E-state index is 0.286. The number of aliphatic hydroxyl groups is 1. The number of hydrogen-bond acceptors (Lipinski definition) is 3. The third kappa shape index (κ3) is 2.69. The van der Waals surface area contributed by atoms with Gasteiger partial charge in [-0.25, -0.2) is 4.39 Å². The summed E-state index contributed by atoms with van der Waals surface area (Å²) in [5.41, 5.74) is 0.877. The summed E-state index contributed by atoms with van der Waals surface area (Å²) < 4.78 is 19.1. The lowest BCUT2D eigenvalue weighted by Gasteiger charge is -2.41. The van der Waals surface area contributed by atoms with Gasteiger partial charge in [-0.15, -0.1) is 0 Å². The molecule has 1 aliphatic rings. The second kappa shape index (κ2) is 5.92. The Labute approximate surface area is 123 Å². The number of halogens is 1. The van der Waals surface area contributed by atoms with E-state index in [9.17, 15) is 9.50 Å². The number of pyridine rings is 1. The zero-order chi connectivity index (χ0) is 14.7. The summed E-state index contributed by atoms with van der Waals surface area (Å²) in [7, 11) is 0. The minimum Gasteiger partial charge on any atom is -0.386 e. The lowest BCUT2D eigenvalue weighted by molar-refractivity contribution is -0.0188. The van der Waals surface area contributed by atoms with Crippen LogP contribution in [0.5, 0.6) is 0 Å². The molecule has 1 aromatic carbocycles. The monoisotopic (exact) mass is 287 g/mol. The average Bonchev–Trinajstić information content (AvgIpc) is 2.55. The molecular weight excluding hydrogens is 269 g/mol. The summed E-state index contributed by atoms with van der Waals surface area (Å²) in [6.45, 7) is 1.11. The highest BCUT2D eigenvalue weighted by Crippen LogP contribution is 2.44. The van der Waals surface area contributed by atoms with Crippen LogP contribution < -0.4 is 0 Å². The van der Waals surface area contributed by atoms with Crippen molar-refractivity contribution >= 4 is 0 Å². The molecule has 0 saturated carbocycles. The molecule has 21 heavy (non-hydrogen) atoms. The van der Waals surface area contributed by atoms with Crippen LogP contribution in [-0.4, -0.2) is 23.3 Å². The fourth-order valence-corrected chi connectivity index (χ4v) is 3.07. The molecule has 3 rings (SSSR count). The Morgan fingerprint density at radius 3 is 2.62 bits per heavy atom. The van der Waals surface area contributed by atoms with Crippen LogP contribution >= 0.6 is 0 Å². The van der Waals surface area contributed by atoms with E-state index in [0.717, 1.165) is 5.56 Å². The summed E-state index contributed by atoms with van der Waals surface area (Å²) in [6.07, 6.45) is 2.18. The number of aromatic nitrogens is 1. The van der Waals surface area contributed by atoms with Crippen LogP contribution in [0.2, 0.25) is 0 Å². The van der Waals surface area contributed by atoms with Gasteiger partial charge in [0.05, 0.1) is 5.69 Å². The van der Waals surface area contributed by atoms with Gasteiger partial charge in [0.15, 0.2) is 0 Å². The first-order chi connectivity index (χ1) is 10.2. The molecule has 1 atom stereocenters. The lowest BCUT2D eigenvalue weighted by Crippen LogP contribution is -2.40. The zero-order valence-corrected chi connectivity index (χ0v) is 11.7. The van der Waals surface area contributed by atoms with E-state index in [4.69, 9.17) is 4.74 Å². The first-order valence-corrected chi connectivity index (χ1v) is 7.15. The Hall–Kier alpha value is -1.78. The van der Waals surface area contributed by atoms with Crippen LogP contribution in [0, 0.1) is 5.82 Å². The third-order valence-corrected chi connectivity index (χ3v) is 4.28. The zero-order valence-electron chi connectivity index (χ0n) is 11.7. The van der Waals surface area contributed by atoms with Crippen molar-refractivity contribution in [3.8, 4) is 0 Å². The van der Waals surface area contributed by atoms with Crippen LogP contribution in [0.4, 0.5) is 4.39 Å². The predicted octanol–water partition coefficient (Wildman–Crippen LogP) is 3.00. The van der Waals surface area contributed by atoms with Crippen LogP contribution in [0.1, 0.15) is 30.2 Å². The molecular formula is C17H18FNO2. The summed E-state index contributed by atoms with van der Waals surface area (Å²) in [5, 5.41) is 10.9. The van der Waals surface area contributed by atoms with Crippen LogP contribution in [0.15, 0.2) is 48.7 Å². The van der Waals surface area contributed by atoms with Gasteiger partial charge in [0, 0.05) is 24.8 Å². The molecule has 1 aromatic heterocycles. The highest BCUT2D eigenvalue weighted by atomic mass is 19.1. The van der Waals surface area contributed by atoms with E-state index in [2.05, 4.69) is 4.98 Å². The molecule has 1 fully saturated rings. The molecule has 1 N–H and O–H groups in total. The van der Waals surface area contributed by atoms with Crippen LogP contribution in [0.25, 0.3) is 0 Å². The van der Waals surface area contributed by atoms with Crippen LogP contribution in [-0.2, 0) is 10.2 Å². The number of nitrogens with zero attached hydrogens (tertiary/aromatic N) is 1. The van der Waals surface area contributed by atoms with Crippen molar-refractivity contribution in [2.24, 2.45) is 0 Å². The van der Waals surface area contributed by atoms with Crippen molar-refractivity contribution < 1.29 is 14.2 Å². The molecule has 0 spiro atoms. The fourth-order valence-electron chi connectivity index (χ4n) is 3.07. The van der Waals surface area contributed by atoms with Gasteiger partial charge < -0.3 is 9.84 Å². The maximum atomic E-state index is 13.6. The van der Waals surface area contributed by atoms with E-state index >= 15 is 0 Å². The van der Waals surface area contributed by atoms with E-state index in [0.29, 0.717) is 31.7 Å². The molecule has 0 bridgehead atoms. The van der Waals surface area contributed by atoms with E-state index in [-0.39, 0.29) is 5.82 Å². The fraction of sp³-hybridized carbons (Fsp3) is 0.353. The quantitative estimate of drug-likeness (QED) is 0.943. The van der Waals surface area contributed by atoms with Gasteiger partial charge in [-0.2, -0.15) is 0 Å².